The van der Waals surface area contributed by atoms with Gasteiger partial charge in [0.2, 0.25) is 0 Å². The maximum Gasteiger partial charge on any atom is 0.143 e. The number of nitrogens with two attached hydrogens (primary N) is 1. The number of oxime groups is 1. The summed E-state index contributed by atoms with van der Waals surface area (Å²) in [7, 11) is 3.60. The summed E-state index contributed by atoms with van der Waals surface area (Å²) in [6.45, 7) is 3.96. The van der Waals surface area contributed by atoms with Crippen LogP contribution < -0.4 is 15.2 Å². The molecular weight excluding hydrogens is 258 g/mol. The van der Waals surface area contributed by atoms with Crippen LogP contribution >= 0.6 is 0 Å². The first-order chi connectivity index (χ1) is 9.56. The molecule has 0 bridgehead atoms. The van der Waals surface area contributed by atoms with Crippen LogP contribution in [-0.2, 0) is 0 Å². The fourth-order valence-electron chi connectivity index (χ4n) is 1.74. The van der Waals surface area contributed by atoms with E-state index in [0.717, 1.165) is 18.0 Å². The zero-order valence-electron chi connectivity index (χ0n) is 12.2. The predicted octanol–water partition coefficient (Wildman–Crippen LogP) is 1.39. The highest BCUT2D eigenvalue weighted by atomic mass is 16.5. The van der Waals surface area contributed by atoms with Crippen LogP contribution in [0.3, 0.4) is 0 Å². The molecule has 0 aliphatic carbocycles. The second-order valence-corrected chi connectivity index (χ2v) is 4.71. The molecule has 0 aliphatic rings. The third-order valence-corrected chi connectivity index (χ3v) is 3.01. The molecule has 0 amide bonds. The summed E-state index contributed by atoms with van der Waals surface area (Å²) < 4.78 is 10.7. The van der Waals surface area contributed by atoms with Gasteiger partial charge in [-0.3, -0.25) is 0 Å². The Hall–Kier alpha value is -1.95. The lowest BCUT2D eigenvalue weighted by Crippen LogP contribution is -2.34. The maximum absolute atomic E-state index is 8.60. The van der Waals surface area contributed by atoms with Gasteiger partial charge in [-0.2, -0.15) is 0 Å². The highest BCUT2D eigenvalue weighted by molar-refractivity contribution is 5.82. The highest BCUT2D eigenvalue weighted by Crippen LogP contribution is 2.16. The van der Waals surface area contributed by atoms with Gasteiger partial charge in [0.1, 0.15) is 23.9 Å². The van der Waals surface area contributed by atoms with Crippen molar-refractivity contribution in [3.63, 3.8) is 0 Å². The van der Waals surface area contributed by atoms with Gasteiger partial charge in [-0.15, -0.1) is 0 Å². The van der Waals surface area contributed by atoms with Gasteiger partial charge >= 0.3 is 0 Å². The highest BCUT2D eigenvalue weighted by Gasteiger charge is 2.10. The van der Waals surface area contributed by atoms with E-state index in [0.29, 0.717) is 13.2 Å². The van der Waals surface area contributed by atoms with E-state index in [-0.39, 0.29) is 11.8 Å². The van der Waals surface area contributed by atoms with Gasteiger partial charge in [0, 0.05) is 19.0 Å². The van der Waals surface area contributed by atoms with Crippen molar-refractivity contribution in [3.8, 4) is 11.5 Å². The van der Waals surface area contributed by atoms with Gasteiger partial charge in [0.05, 0.1) is 7.11 Å². The molecule has 0 heterocycles. The van der Waals surface area contributed by atoms with Crippen LogP contribution in [0, 0.1) is 5.92 Å². The second-order valence-electron chi connectivity index (χ2n) is 4.71. The number of likely N-dealkylation sites (N-methyl/N-ethyl adjacent to an activating group) is 1. The molecule has 0 saturated heterocycles. The zero-order chi connectivity index (χ0) is 15.0. The van der Waals surface area contributed by atoms with Crippen LogP contribution in [0.2, 0.25) is 0 Å². The summed E-state index contributed by atoms with van der Waals surface area (Å²) in [4.78, 5) is 2.08. The van der Waals surface area contributed by atoms with E-state index in [1.165, 1.54) is 0 Å². The number of hydrogen-bond acceptors (Lipinski definition) is 5. The van der Waals surface area contributed by atoms with Crippen LogP contribution in [0.4, 0.5) is 0 Å². The van der Waals surface area contributed by atoms with Crippen molar-refractivity contribution < 1.29 is 14.7 Å². The first kappa shape index (κ1) is 16.1. The lowest BCUT2D eigenvalue weighted by Gasteiger charge is -2.20. The molecule has 1 unspecified atom stereocenters. The monoisotopic (exact) mass is 281 g/mol. The van der Waals surface area contributed by atoms with Crippen LogP contribution in [0.25, 0.3) is 0 Å². The van der Waals surface area contributed by atoms with E-state index in [4.69, 9.17) is 20.4 Å². The largest absolute Gasteiger partial charge is 0.497 e. The normalized spacial score (nSPS) is 13.3. The molecular formula is C14H23N3O3. The number of benzene rings is 1. The summed E-state index contributed by atoms with van der Waals surface area (Å²) in [6, 6.07) is 7.47. The van der Waals surface area contributed by atoms with Crippen molar-refractivity contribution in [1.29, 1.82) is 0 Å². The molecule has 6 nitrogen and oxygen atoms in total. The number of amidine groups is 1. The lowest BCUT2D eigenvalue weighted by atomic mass is 10.1. The second kappa shape index (κ2) is 8.27. The average Bonchev–Trinajstić information content (AvgIpc) is 2.47. The maximum atomic E-state index is 8.60. The molecule has 1 aromatic carbocycles. The Balaban J connectivity index is 2.29. The van der Waals surface area contributed by atoms with Crippen LogP contribution in [0.15, 0.2) is 29.4 Å². The number of ether oxygens (including phenoxy) is 2. The molecule has 20 heavy (non-hydrogen) atoms. The summed E-state index contributed by atoms with van der Waals surface area (Å²) in [6.07, 6.45) is 0. The van der Waals surface area contributed by atoms with E-state index in [1.54, 1.807) is 7.11 Å². The smallest absolute Gasteiger partial charge is 0.143 e. The van der Waals surface area contributed by atoms with Crippen molar-refractivity contribution in [2.75, 3.05) is 33.9 Å². The molecule has 1 atom stereocenters. The summed E-state index contributed by atoms with van der Waals surface area (Å²) in [5.74, 6) is 1.87. The Bertz CT molecular complexity index is 420. The molecule has 0 aliphatic heterocycles. The average molecular weight is 281 g/mol. The third kappa shape index (κ3) is 5.36. The minimum Gasteiger partial charge on any atom is -0.497 e. The van der Waals surface area contributed by atoms with Crippen LogP contribution in [0.5, 0.6) is 11.5 Å². The molecule has 6 heteroatoms. The fraction of sp³-hybridized carbons (Fsp3) is 0.500. The van der Waals surface area contributed by atoms with Crippen molar-refractivity contribution in [3.05, 3.63) is 24.3 Å². The molecule has 112 valence electrons. The standard InChI is InChI=1S/C14H23N3O3/c1-11(14(15)16-18)10-17(2)8-9-20-13-6-4-12(19-3)5-7-13/h4-7,11,18H,8-10H2,1-3H3,(H2,15,16). The fourth-order valence-corrected chi connectivity index (χ4v) is 1.74. The number of methoxy groups -OCH3 is 1. The van der Waals surface area contributed by atoms with Crippen molar-refractivity contribution in [2.24, 2.45) is 16.8 Å². The molecule has 0 aromatic heterocycles. The van der Waals surface area contributed by atoms with Crippen molar-refractivity contribution in [1.82, 2.24) is 4.90 Å². The van der Waals surface area contributed by atoms with Crippen LogP contribution in [0.1, 0.15) is 6.92 Å². The Morgan fingerprint density at radius 1 is 1.35 bits per heavy atom. The van der Waals surface area contributed by atoms with E-state index in [2.05, 4.69) is 10.1 Å². The third-order valence-electron chi connectivity index (χ3n) is 3.01. The van der Waals surface area contributed by atoms with E-state index < -0.39 is 0 Å². The Morgan fingerprint density at radius 2 is 1.95 bits per heavy atom. The molecule has 0 spiro atoms. The Kier molecular flexibility index (Phi) is 6.66. The molecule has 0 fully saturated rings. The topological polar surface area (TPSA) is 80.3 Å². The minimum absolute atomic E-state index is 0.00554. The quantitative estimate of drug-likeness (QED) is 0.326. The van der Waals surface area contributed by atoms with E-state index >= 15 is 0 Å². The molecule has 3 N–H and O–H groups in total. The first-order valence-electron chi connectivity index (χ1n) is 6.49. The van der Waals surface area contributed by atoms with Crippen molar-refractivity contribution >= 4 is 5.84 Å². The predicted molar refractivity (Wildman–Crippen MR) is 78.6 cm³/mol. The zero-order valence-corrected chi connectivity index (χ0v) is 12.2. The van der Waals surface area contributed by atoms with Crippen LogP contribution in [-0.4, -0.2) is 49.8 Å². The Morgan fingerprint density at radius 3 is 2.50 bits per heavy atom. The van der Waals surface area contributed by atoms with Gasteiger partial charge < -0.3 is 25.3 Å². The molecule has 1 aromatic rings. The Labute approximate surface area is 119 Å². The molecule has 1 rings (SSSR count). The van der Waals surface area contributed by atoms with Gasteiger partial charge in [-0.25, -0.2) is 0 Å². The van der Waals surface area contributed by atoms with Gasteiger partial charge in [0.15, 0.2) is 0 Å². The number of hydrogen-bond donors (Lipinski definition) is 2. The summed E-state index contributed by atoms with van der Waals surface area (Å²) in [5.41, 5.74) is 5.54. The van der Waals surface area contributed by atoms with Gasteiger partial charge in [-0.05, 0) is 31.3 Å². The molecule has 0 saturated carbocycles. The van der Waals surface area contributed by atoms with E-state index in [1.807, 2.05) is 38.2 Å². The van der Waals surface area contributed by atoms with E-state index in [9.17, 15) is 0 Å². The first-order valence-corrected chi connectivity index (χ1v) is 6.49. The SMILES string of the molecule is COc1ccc(OCCN(C)CC(C)C(N)=NO)cc1. The molecule has 0 radical (unpaired) electrons. The van der Waals surface area contributed by atoms with Gasteiger partial charge in [-0.1, -0.05) is 12.1 Å². The van der Waals surface area contributed by atoms with Crippen molar-refractivity contribution in [2.45, 2.75) is 6.92 Å². The summed E-state index contributed by atoms with van der Waals surface area (Å²) >= 11 is 0. The number of rotatable bonds is 8. The summed E-state index contributed by atoms with van der Waals surface area (Å²) in [5, 5.41) is 11.6. The number of nitrogens with zero attached hydrogens (tertiary/aromatic N) is 2. The lowest BCUT2D eigenvalue weighted by molar-refractivity contribution is 0.228. The van der Waals surface area contributed by atoms with Gasteiger partial charge in [0.25, 0.3) is 0 Å². The minimum atomic E-state index is 0.00554.